The van der Waals surface area contributed by atoms with Crippen molar-refractivity contribution in [3.63, 3.8) is 0 Å². The van der Waals surface area contributed by atoms with E-state index in [0.29, 0.717) is 5.02 Å². The molecule has 0 saturated heterocycles. The van der Waals surface area contributed by atoms with E-state index in [2.05, 4.69) is 31.4 Å². The topological polar surface area (TPSA) is 47.0 Å². The minimum atomic E-state index is 0.701. The van der Waals surface area contributed by atoms with E-state index in [4.69, 9.17) is 16.3 Å². The number of methoxy groups -OCH3 is 1. The molecule has 4 nitrogen and oxygen atoms in total. The highest BCUT2D eigenvalue weighted by Crippen LogP contribution is 2.32. The third kappa shape index (κ3) is 5.30. The Hall–Kier alpha value is -0.530. The minimum absolute atomic E-state index is 0.701. The first-order chi connectivity index (χ1) is 10.2. The summed E-state index contributed by atoms with van der Waals surface area (Å²) < 4.78 is 5.96. The average molecular weight is 391 g/mol. The van der Waals surface area contributed by atoms with Crippen molar-refractivity contribution < 1.29 is 4.74 Å². The lowest BCUT2D eigenvalue weighted by Crippen LogP contribution is -2.20. The molecule has 0 atom stereocenters. The second kappa shape index (κ2) is 8.80. The molecule has 1 aromatic carbocycles. The number of nitrogens with one attached hydrogen (secondary N) is 1. The van der Waals surface area contributed by atoms with Gasteiger partial charge in [-0.25, -0.2) is 0 Å². The molecule has 0 aliphatic heterocycles. The van der Waals surface area contributed by atoms with Crippen molar-refractivity contribution in [2.75, 3.05) is 26.8 Å². The minimum Gasteiger partial charge on any atom is -0.383 e. The summed E-state index contributed by atoms with van der Waals surface area (Å²) in [4.78, 5) is 0. The SMILES string of the molecule is COCCNCCCc1nnc(-c2cc(Cl)ccc2Br)s1. The maximum atomic E-state index is 6.03. The zero-order chi connectivity index (χ0) is 15.1. The maximum Gasteiger partial charge on any atom is 0.148 e. The quantitative estimate of drug-likeness (QED) is 0.697. The Balaban J connectivity index is 1.88. The standard InChI is InChI=1S/C14H17BrClN3OS/c1-20-8-7-17-6-2-3-13-18-19-14(21-13)11-9-10(16)4-5-12(11)15/h4-5,9,17H,2-3,6-8H2,1H3. The van der Waals surface area contributed by atoms with Gasteiger partial charge in [-0.05, 0) is 31.2 Å². The maximum absolute atomic E-state index is 6.03. The number of nitrogens with zero attached hydrogens (tertiary/aromatic N) is 2. The van der Waals surface area contributed by atoms with Gasteiger partial charge in [-0.15, -0.1) is 10.2 Å². The van der Waals surface area contributed by atoms with E-state index in [0.717, 1.165) is 52.6 Å². The lowest BCUT2D eigenvalue weighted by atomic mass is 10.2. The van der Waals surface area contributed by atoms with Gasteiger partial charge in [0.05, 0.1) is 6.61 Å². The Kier molecular flexibility index (Phi) is 7.06. The van der Waals surface area contributed by atoms with Crippen molar-refractivity contribution in [2.24, 2.45) is 0 Å². The van der Waals surface area contributed by atoms with E-state index in [-0.39, 0.29) is 0 Å². The molecule has 0 radical (unpaired) electrons. The van der Waals surface area contributed by atoms with Crippen LogP contribution in [0.3, 0.4) is 0 Å². The first kappa shape index (κ1) is 16.8. The number of aromatic nitrogens is 2. The molecule has 0 fully saturated rings. The Morgan fingerprint density at radius 3 is 3.00 bits per heavy atom. The second-order valence-electron chi connectivity index (χ2n) is 4.47. The smallest absolute Gasteiger partial charge is 0.148 e. The van der Waals surface area contributed by atoms with Gasteiger partial charge in [-0.2, -0.15) is 0 Å². The van der Waals surface area contributed by atoms with Crippen molar-refractivity contribution >= 4 is 38.9 Å². The number of hydrogen-bond donors (Lipinski definition) is 1. The van der Waals surface area contributed by atoms with Crippen molar-refractivity contribution in [1.29, 1.82) is 0 Å². The predicted molar refractivity (Wildman–Crippen MR) is 91.1 cm³/mol. The first-order valence-electron chi connectivity index (χ1n) is 6.68. The molecule has 7 heteroatoms. The van der Waals surface area contributed by atoms with Crippen molar-refractivity contribution in [3.05, 3.63) is 32.7 Å². The molecule has 1 N–H and O–H groups in total. The summed E-state index contributed by atoms with van der Waals surface area (Å²) in [6, 6.07) is 5.68. The third-order valence-electron chi connectivity index (χ3n) is 2.85. The van der Waals surface area contributed by atoms with Gasteiger partial charge >= 0.3 is 0 Å². The highest BCUT2D eigenvalue weighted by atomic mass is 79.9. The number of benzene rings is 1. The van der Waals surface area contributed by atoms with Gasteiger partial charge in [0.2, 0.25) is 0 Å². The summed E-state index contributed by atoms with van der Waals surface area (Å²) in [6.45, 7) is 2.58. The molecule has 0 unspecified atom stereocenters. The average Bonchev–Trinajstić information content (AvgIpc) is 2.94. The molecular weight excluding hydrogens is 374 g/mol. The fourth-order valence-electron chi connectivity index (χ4n) is 1.79. The van der Waals surface area contributed by atoms with Crippen LogP contribution in [0.5, 0.6) is 0 Å². The van der Waals surface area contributed by atoms with Crippen LogP contribution in [-0.2, 0) is 11.2 Å². The van der Waals surface area contributed by atoms with Gasteiger partial charge < -0.3 is 10.1 Å². The normalized spacial score (nSPS) is 11.0. The van der Waals surface area contributed by atoms with Gasteiger partial charge in [0.1, 0.15) is 10.0 Å². The van der Waals surface area contributed by atoms with Crippen molar-refractivity contribution in [1.82, 2.24) is 15.5 Å². The van der Waals surface area contributed by atoms with Crippen LogP contribution in [0.1, 0.15) is 11.4 Å². The van der Waals surface area contributed by atoms with E-state index in [1.165, 1.54) is 0 Å². The van der Waals surface area contributed by atoms with E-state index < -0.39 is 0 Å². The fraction of sp³-hybridized carbons (Fsp3) is 0.429. The molecular formula is C14H17BrClN3OS. The third-order valence-corrected chi connectivity index (χ3v) is 4.80. The molecule has 0 amide bonds. The molecule has 0 aliphatic rings. The monoisotopic (exact) mass is 389 g/mol. The molecule has 2 aromatic rings. The number of hydrogen-bond acceptors (Lipinski definition) is 5. The van der Waals surface area contributed by atoms with Gasteiger partial charge in [0.15, 0.2) is 0 Å². The van der Waals surface area contributed by atoms with Crippen LogP contribution in [0.4, 0.5) is 0 Å². The largest absolute Gasteiger partial charge is 0.383 e. The van der Waals surface area contributed by atoms with E-state index in [9.17, 15) is 0 Å². The molecule has 1 heterocycles. The zero-order valence-electron chi connectivity index (χ0n) is 11.7. The summed E-state index contributed by atoms with van der Waals surface area (Å²) >= 11 is 11.2. The summed E-state index contributed by atoms with van der Waals surface area (Å²) in [5.41, 5.74) is 0.990. The van der Waals surface area contributed by atoms with Crippen LogP contribution < -0.4 is 5.32 Å². The van der Waals surface area contributed by atoms with Crippen LogP contribution in [0, 0.1) is 0 Å². The van der Waals surface area contributed by atoms with Crippen molar-refractivity contribution in [3.8, 4) is 10.6 Å². The molecule has 0 spiro atoms. The molecule has 0 saturated carbocycles. The van der Waals surface area contributed by atoms with Crippen molar-refractivity contribution in [2.45, 2.75) is 12.8 Å². The second-order valence-corrected chi connectivity index (χ2v) is 6.82. The first-order valence-corrected chi connectivity index (χ1v) is 8.67. The Bertz CT molecular complexity index is 579. The van der Waals surface area contributed by atoms with E-state index in [1.807, 2.05) is 18.2 Å². The van der Waals surface area contributed by atoms with Gasteiger partial charge in [-0.1, -0.05) is 38.9 Å². The molecule has 21 heavy (non-hydrogen) atoms. The molecule has 0 bridgehead atoms. The number of ether oxygens (including phenoxy) is 1. The lowest BCUT2D eigenvalue weighted by Gasteiger charge is -2.02. The van der Waals surface area contributed by atoms with Gasteiger partial charge in [-0.3, -0.25) is 0 Å². The predicted octanol–water partition coefficient (Wildman–Crippen LogP) is 3.79. The molecule has 1 aromatic heterocycles. The fourth-order valence-corrected chi connectivity index (χ4v) is 3.44. The van der Waals surface area contributed by atoms with Gasteiger partial charge in [0.25, 0.3) is 0 Å². The number of aryl methyl sites for hydroxylation is 1. The highest BCUT2D eigenvalue weighted by molar-refractivity contribution is 9.10. The molecule has 114 valence electrons. The highest BCUT2D eigenvalue weighted by Gasteiger charge is 2.10. The lowest BCUT2D eigenvalue weighted by molar-refractivity contribution is 0.199. The Morgan fingerprint density at radius 1 is 1.33 bits per heavy atom. The number of rotatable bonds is 8. The van der Waals surface area contributed by atoms with E-state index in [1.54, 1.807) is 18.4 Å². The summed E-state index contributed by atoms with van der Waals surface area (Å²) in [5.74, 6) is 0. The van der Waals surface area contributed by atoms with E-state index >= 15 is 0 Å². The summed E-state index contributed by atoms with van der Waals surface area (Å²) in [7, 11) is 1.71. The van der Waals surface area contributed by atoms with Crippen LogP contribution in [-0.4, -0.2) is 37.0 Å². The molecule has 2 rings (SSSR count). The Morgan fingerprint density at radius 2 is 2.19 bits per heavy atom. The summed E-state index contributed by atoms with van der Waals surface area (Å²) in [5, 5.41) is 14.5. The van der Waals surface area contributed by atoms with Crippen LogP contribution >= 0.6 is 38.9 Å². The van der Waals surface area contributed by atoms with Gasteiger partial charge in [0, 0.05) is 35.1 Å². The molecule has 0 aliphatic carbocycles. The Labute approximate surface area is 142 Å². The van der Waals surface area contributed by atoms with Crippen LogP contribution in [0.25, 0.3) is 10.6 Å². The van der Waals surface area contributed by atoms with Crippen LogP contribution in [0.2, 0.25) is 5.02 Å². The zero-order valence-corrected chi connectivity index (χ0v) is 14.9. The van der Waals surface area contributed by atoms with Crippen LogP contribution in [0.15, 0.2) is 22.7 Å². The number of halogens is 2. The summed E-state index contributed by atoms with van der Waals surface area (Å²) in [6.07, 6.45) is 1.96.